The Morgan fingerprint density at radius 2 is 1.75 bits per heavy atom. The zero-order valence-corrected chi connectivity index (χ0v) is 8.59. The third kappa shape index (κ3) is 6.58. The van der Waals surface area contributed by atoms with Gasteiger partial charge in [0.25, 0.3) is 0 Å². The van der Waals surface area contributed by atoms with E-state index in [4.69, 9.17) is 9.47 Å². The van der Waals surface area contributed by atoms with Gasteiger partial charge in [-0.05, 0) is 20.3 Å². The highest BCUT2D eigenvalue weighted by Gasteiger charge is 2.05. The fourth-order valence-electron chi connectivity index (χ4n) is 1.16. The van der Waals surface area contributed by atoms with Crippen molar-refractivity contribution in [2.45, 2.75) is 32.4 Å². The van der Waals surface area contributed by atoms with Crippen molar-refractivity contribution in [1.82, 2.24) is 5.32 Å². The van der Waals surface area contributed by atoms with Crippen LogP contribution in [-0.4, -0.2) is 39.5 Å². The number of ether oxygens (including phenoxy) is 2. The molecule has 0 amide bonds. The van der Waals surface area contributed by atoms with Gasteiger partial charge in [-0.1, -0.05) is 0 Å². The molecule has 0 spiro atoms. The van der Waals surface area contributed by atoms with Crippen LogP contribution in [0.5, 0.6) is 0 Å². The Morgan fingerprint density at radius 1 is 1.08 bits per heavy atom. The van der Waals surface area contributed by atoms with E-state index in [1.165, 1.54) is 0 Å². The molecule has 0 heterocycles. The molecule has 12 heavy (non-hydrogen) atoms. The first-order chi connectivity index (χ1) is 5.70. The number of hydrogen-bond donors (Lipinski definition) is 1. The fraction of sp³-hybridized carbons (Fsp3) is 1.00. The zero-order valence-electron chi connectivity index (χ0n) is 8.59. The molecular formula is C9H21NO2. The lowest BCUT2D eigenvalue weighted by Gasteiger charge is -2.18. The average molecular weight is 175 g/mol. The highest BCUT2D eigenvalue weighted by Crippen LogP contribution is 1.93. The van der Waals surface area contributed by atoms with Gasteiger partial charge in [-0.3, -0.25) is 0 Å². The smallest absolute Gasteiger partial charge is 0.0613 e. The Hall–Kier alpha value is -0.120. The maximum atomic E-state index is 5.02. The summed E-state index contributed by atoms with van der Waals surface area (Å²) >= 11 is 0. The molecule has 0 aromatic rings. The normalized spacial score (nSPS) is 16.0. The average Bonchev–Trinajstić information content (AvgIpc) is 2.01. The second-order valence-electron chi connectivity index (χ2n) is 3.21. The minimum absolute atomic E-state index is 0.418. The van der Waals surface area contributed by atoms with Crippen LogP contribution in [0.15, 0.2) is 0 Å². The molecule has 0 aliphatic heterocycles. The van der Waals surface area contributed by atoms with E-state index in [0.717, 1.165) is 19.6 Å². The minimum atomic E-state index is 0.418. The highest BCUT2D eigenvalue weighted by atomic mass is 16.5. The van der Waals surface area contributed by atoms with Crippen molar-refractivity contribution >= 4 is 0 Å². The van der Waals surface area contributed by atoms with Gasteiger partial charge in [-0.25, -0.2) is 0 Å². The van der Waals surface area contributed by atoms with Crippen molar-refractivity contribution in [1.29, 1.82) is 0 Å². The van der Waals surface area contributed by atoms with Gasteiger partial charge in [0.15, 0.2) is 0 Å². The summed E-state index contributed by atoms with van der Waals surface area (Å²) < 4.78 is 10.00. The van der Waals surface area contributed by atoms with Gasteiger partial charge < -0.3 is 14.8 Å². The molecule has 3 nitrogen and oxygen atoms in total. The molecule has 0 fully saturated rings. The molecule has 0 saturated heterocycles. The first kappa shape index (κ1) is 11.9. The number of rotatable bonds is 7. The van der Waals surface area contributed by atoms with E-state index in [9.17, 15) is 0 Å². The van der Waals surface area contributed by atoms with E-state index in [-0.39, 0.29) is 0 Å². The molecule has 0 aliphatic rings. The molecule has 0 aromatic heterocycles. The van der Waals surface area contributed by atoms with Gasteiger partial charge in [0, 0.05) is 32.9 Å². The molecule has 0 aliphatic carbocycles. The van der Waals surface area contributed by atoms with Crippen LogP contribution in [-0.2, 0) is 9.47 Å². The second kappa shape index (κ2) is 7.53. The topological polar surface area (TPSA) is 30.5 Å². The van der Waals surface area contributed by atoms with E-state index >= 15 is 0 Å². The van der Waals surface area contributed by atoms with Gasteiger partial charge in [-0.2, -0.15) is 0 Å². The molecule has 0 saturated carbocycles. The van der Waals surface area contributed by atoms with E-state index in [1.54, 1.807) is 14.2 Å². The lowest BCUT2D eigenvalue weighted by Crippen LogP contribution is -2.37. The van der Waals surface area contributed by atoms with E-state index in [2.05, 4.69) is 19.2 Å². The number of nitrogens with one attached hydrogen (secondary N) is 1. The Kier molecular flexibility index (Phi) is 7.45. The lowest BCUT2D eigenvalue weighted by atomic mass is 10.2. The molecule has 74 valence electrons. The fourth-order valence-corrected chi connectivity index (χ4v) is 1.16. The van der Waals surface area contributed by atoms with Crippen molar-refractivity contribution in [3.8, 4) is 0 Å². The monoisotopic (exact) mass is 175 g/mol. The molecular weight excluding hydrogens is 154 g/mol. The summed E-state index contributed by atoms with van der Waals surface area (Å²) in [6.45, 7) is 5.85. The summed E-state index contributed by atoms with van der Waals surface area (Å²) in [4.78, 5) is 0. The lowest BCUT2D eigenvalue weighted by molar-refractivity contribution is 0.155. The summed E-state index contributed by atoms with van der Waals surface area (Å²) in [7, 11) is 3.45. The molecule has 0 bridgehead atoms. The third-order valence-electron chi connectivity index (χ3n) is 1.74. The highest BCUT2D eigenvalue weighted by molar-refractivity contribution is 4.66. The SMILES string of the molecule is COCCC(C)NC(C)COC. The summed E-state index contributed by atoms with van der Waals surface area (Å²) in [5, 5.41) is 3.41. The quantitative estimate of drug-likeness (QED) is 0.627. The van der Waals surface area contributed by atoms with Crippen LogP contribution >= 0.6 is 0 Å². The van der Waals surface area contributed by atoms with E-state index < -0.39 is 0 Å². The van der Waals surface area contributed by atoms with Crippen molar-refractivity contribution in [3.63, 3.8) is 0 Å². The Morgan fingerprint density at radius 3 is 2.25 bits per heavy atom. The standard InChI is InChI=1S/C9H21NO2/c1-8(5-6-11-3)10-9(2)7-12-4/h8-10H,5-7H2,1-4H3. The van der Waals surface area contributed by atoms with Crippen molar-refractivity contribution in [2.75, 3.05) is 27.4 Å². The van der Waals surface area contributed by atoms with Crippen LogP contribution in [0.1, 0.15) is 20.3 Å². The van der Waals surface area contributed by atoms with Crippen molar-refractivity contribution in [2.24, 2.45) is 0 Å². The van der Waals surface area contributed by atoms with Crippen LogP contribution in [0.4, 0.5) is 0 Å². The molecule has 2 atom stereocenters. The second-order valence-corrected chi connectivity index (χ2v) is 3.21. The van der Waals surface area contributed by atoms with Crippen LogP contribution in [0, 0.1) is 0 Å². The van der Waals surface area contributed by atoms with Crippen LogP contribution in [0.3, 0.4) is 0 Å². The largest absolute Gasteiger partial charge is 0.385 e. The van der Waals surface area contributed by atoms with Gasteiger partial charge in [-0.15, -0.1) is 0 Å². The van der Waals surface area contributed by atoms with Gasteiger partial charge in [0.1, 0.15) is 0 Å². The van der Waals surface area contributed by atoms with E-state index in [0.29, 0.717) is 12.1 Å². The van der Waals surface area contributed by atoms with Crippen molar-refractivity contribution in [3.05, 3.63) is 0 Å². The maximum absolute atomic E-state index is 5.02. The molecule has 2 unspecified atom stereocenters. The third-order valence-corrected chi connectivity index (χ3v) is 1.74. The molecule has 0 rings (SSSR count). The molecule has 0 radical (unpaired) electrons. The number of methoxy groups -OCH3 is 2. The van der Waals surface area contributed by atoms with Crippen LogP contribution in [0.2, 0.25) is 0 Å². The predicted molar refractivity (Wildman–Crippen MR) is 50.4 cm³/mol. The van der Waals surface area contributed by atoms with Crippen LogP contribution < -0.4 is 5.32 Å². The van der Waals surface area contributed by atoms with E-state index in [1.807, 2.05) is 0 Å². The number of hydrogen-bond acceptors (Lipinski definition) is 3. The van der Waals surface area contributed by atoms with Gasteiger partial charge in [0.05, 0.1) is 6.61 Å². The molecule has 1 N–H and O–H groups in total. The predicted octanol–water partition coefficient (Wildman–Crippen LogP) is 1.04. The maximum Gasteiger partial charge on any atom is 0.0613 e. The summed E-state index contributed by atoms with van der Waals surface area (Å²) in [6, 6.07) is 0.914. The van der Waals surface area contributed by atoms with Crippen molar-refractivity contribution < 1.29 is 9.47 Å². The first-order valence-corrected chi connectivity index (χ1v) is 4.44. The Labute approximate surface area is 75.4 Å². The van der Waals surface area contributed by atoms with Gasteiger partial charge >= 0.3 is 0 Å². The summed E-state index contributed by atoms with van der Waals surface area (Å²) in [5.41, 5.74) is 0. The summed E-state index contributed by atoms with van der Waals surface area (Å²) in [5.74, 6) is 0. The molecule has 0 aromatic carbocycles. The first-order valence-electron chi connectivity index (χ1n) is 4.44. The summed E-state index contributed by atoms with van der Waals surface area (Å²) in [6.07, 6.45) is 1.05. The Balaban J connectivity index is 3.33. The molecule has 3 heteroatoms. The zero-order chi connectivity index (χ0) is 9.40. The van der Waals surface area contributed by atoms with Gasteiger partial charge in [0.2, 0.25) is 0 Å². The minimum Gasteiger partial charge on any atom is -0.385 e. The van der Waals surface area contributed by atoms with Crippen LogP contribution in [0.25, 0.3) is 0 Å². The Bertz CT molecular complexity index is 98.5.